The lowest BCUT2D eigenvalue weighted by Gasteiger charge is -2.11. The van der Waals surface area contributed by atoms with E-state index in [1.165, 1.54) is 11.1 Å². The van der Waals surface area contributed by atoms with Crippen LogP contribution in [0.5, 0.6) is 5.75 Å². The highest BCUT2D eigenvalue weighted by molar-refractivity contribution is 6.30. The van der Waals surface area contributed by atoms with Gasteiger partial charge in [-0.1, -0.05) is 28.9 Å². The molecule has 0 N–H and O–H groups in total. The lowest BCUT2D eigenvalue weighted by atomic mass is 9.95. The number of oxime groups is 1. The summed E-state index contributed by atoms with van der Waals surface area (Å²) >= 11 is 5.96. The normalized spacial score (nSPS) is 18.3. The average molecular weight is 316 g/mol. The quantitative estimate of drug-likeness (QED) is 0.795. The van der Waals surface area contributed by atoms with E-state index in [1.807, 2.05) is 18.2 Å². The molecule has 0 aliphatic heterocycles. The van der Waals surface area contributed by atoms with Crippen LogP contribution < -0.4 is 4.74 Å². The molecule has 1 unspecified atom stereocenters. The Bertz CT molecular complexity index is 695. The molecule has 0 amide bonds. The molecule has 0 saturated heterocycles. The Kier molecular flexibility index (Phi) is 4.34. The Labute approximate surface area is 135 Å². The molecule has 2 aromatic carbocycles. The molecule has 1 aliphatic rings. The number of ether oxygens (including phenoxy) is 1. The minimum Gasteiger partial charge on any atom is -0.497 e. The molecule has 114 valence electrons. The molecule has 2 aromatic rings. The molecule has 22 heavy (non-hydrogen) atoms. The van der Waals surface area contributed by atoms with Crippen LogP contribution in [0, 0.1) is 5.92 Å². The van der Waals surface area contributed by atoms with Crippen LogP contribution in [0.3, 0.4) is 0 Å². The van der Waals surface area contributed by atoms with Gasteiger partial charge >= 0.3 is 0 Å². The van der Waals surface area contributed by atoms with Crippen molar-refractivity contribution in [3.63, 3.8) is 0 Å². The first-order chi connectivity index (χ1) is 10.7. The van der Waals surface area contributed by atoms with Gasteiger partial charge in [-0.15, -0.1) is 0 Å². The number of hydrogen-bond donors (Lipinski definition) is 0. The molecule has 0 aromatic heterocycles. The van der Waals surface area contributed by atoms with Gasteiger partial charge in [0.05, 0.1) is 12.8 Å². The zero-order valence-electron chi connectivity index (χ0n) is 12.7. The van der Waals surface area contributed by atoms with Crippen molar-refractivity contribution in [1.82, 2.24) is 0 Å². The zero-order chi connectivity index (χ0) is 15.5. The first-order valence-electron chi connectivity index (χ1n) is 7.24. The van der Waals surface area contributed by atoms with E-state index in [1.54, 1.807) is 14.2 Å². The molecular weight excluding hydrogens is 298 g/mol. The van der Waals surface area contributed by atoms with Crippen LogP contribution in [0.2, 0.25) is 5.02 Å². The number of benzene rings is 2. The lowest BCUT2D eigenvalue weighted by molar-refractivity contribution is 0.211. The first kappa shape index (κ1) is 14.9. The third kappa shape index (κ3) is 2.95. The largest absolute Gasteiger partial charge is 0.497 e. The smallest absolute Gasteiger partial charge is 0.119 e. The van der Waals surface area contributed by atoms with Gasteiger partial charge in [-0.2, -0.15) is 0 Å². The molecule has 0 heterocycles. The second kappa shape index (κ2) is 6.41. The molecule has 1 atom stereocenters. The summed E-state index contributed by atoms with van der Waals surface area (Å²) in [4.78, 5) is 5.06. The van der Waals surface area contributed by atoms with Crippen molar-refractivity contribution in [2.75, 3.05) is 14.2 Å². The maximum atomic E-state index is 5.96. The summed E-state index contributed by atoms with van der Waals surface area (Å²) in [5.74, 6) is 1.19. The Morgan fingerprint density at radius 2 is 1.91 bits per heavy atom. The average Bonchev–Trinajstić information content (AvgIpc) is 2.87. The third-order valence-corrected chi connectivity index (χ3v) is 4.28. The standard InChI is InChI=1S/C18H18ClNO2/c1-21-16-7-8-17-13(11-16)10-14(18(17)20-22-2)9-12-3-5-15(19)6-4-12/h3-8,11,14H,9-10H2,1-2H3. The molecule has 0 radical (unpaired) electrons. The first-order valence-corrected chi connectivity index (χ1v) is 7.62. The maximum Gasteiger partial charge on any atom is 0.119 e. The lowest BCUT2D eigenvalue weighted by Crippen LogP contribution is -2.13. The van der Waals surface area contributed by atoms with Crippen LogP contribution in [0.15, 0.2) is 47.6 Å². The fourth-order valence-corrected chi connectivity index (χ4v) is 3.12. The van der Waals surface area contributed by atoms with Crippen molar-refractivity contribution in [2.24, 2.45) is 11.1 Å². The number of halogens is 1. The van der Waals surface area contributed by atoms with Crippen LogP contribution in [-0.2, 0) is 17.7 Å². The summed E-state index contributed by atoms with van der Waals surface area (Å²) in [5.41, 5.74) is 4.67. The van der Waals surface area contributed by atoms with Crippen molar-refractivity contribution >= 4 is 17.3 Å². The van der Waals surface area contributed by atoms with E-state index in [0.717, 1.165) is 34.9 Å². The summed E-state index contributed by atoms with van der Waals surface area (Å²) in [7, 11) is 3.28. The van der Waals surface area contributed by atoms with Gasteiger partial charge in [-0.25, -0.2) is 0 Å². The third-order valence-electron chi connectivity index (χ3n) is 4.03. The summed E-state index contributed by atoms with van der Waals surface area (Å²) in [6.45, 7) is 0. The van der Waals surface area contributed by atoms with Crippen LogP contribution in [0.1, 0.15) is 16.7 Å². The Morgan fingerprint density at radius 3 is 2.59 bits per heavy atom. The molecule has 0 spiro atoms. The van der Waals surface area contributed by atoms with E-state index in [0.29, 0.717) is 5.92 Å². The molecule has 4 heteroatoms. The van der Waals surface area contributed by atoms with Gasteiger partial charge in [0.1, 0.15) is 12.9 Å². The second-order valence-electron chi connectivity index (χ2n) is 5.41. The van der Waals surface area contributed by atoms with Gasteiger partial charge in [0, 0.05) is 16.5 Å². The Balaban J connectivity index is 1.89. The fraction of sp³-hybridized carbons (Fsp3) is 0.278. The Hall–Kier alpha value is -2.00. The summed E-state index contributed by atoms with van der Waals surface area (Å²) in [6.07, 6.45) is 1.85. The van der Waals surface area contributed by atoms with Crippen molar-refractivity contribution in [1.29, 1.82) is 0 Å². The van der Waals surface area contributed by atoms with Gasteiger partial charge in [0.25, 0.3) is 0 Å². The van der Waals surface area contributed by atoms with E-state index < -0.39 is 0 Å². The minimum atomic E-state index is 0.309. The van der Waals surface area contributed by atoms with Gasteiger partial charge in [0.2, 0.25) is 0 Å². The van der Waals surface area contributed by atoms with Gasteiger partial charge in [-0.3, -0.25) is 0 Å². The predicted octanol–water partition coefficient (Wildman–Crippen LogP) is 4.11. The summed E-state index contributed by atoms with van der Waals surface area (Å²) in [5, 5.41) is 5.02. The van der Waals surface area contributed by atoms with Crippen molar-refractivity contribution in [2.45, 2.75) is 12.8 Å². The van der Waals surface area contributed by atoms with E-state index in [-0.39, 0.29) is 0 Å². The molecule has 0 saturated carbocycles. The highest BCUT2D eigenvalue weighted by Gasteiger charge is 2.29. The van der Waals surface area contributed by atoms with E-state index in [9.17, 15) is 0 Å². The van der Waals surface area contributed by atoms with Crippen LogP contribution in [0.25, 0.3) is 0 Å². The van der Waals surface area contributed by atoms with E-state index >= 15 is 0 Å². The number of methoxy groups -OCH3 is 1. The predicted molar refractivity (Wildman–Crippen MR) is 88.9 cm³/mol. The molecule has 3 nitrogen and oxygen atoms in total. The number of hydrogen-bond acceptors (Lipinski definition) is 3. The summed E-state index contributed by atoms with van der Waals surface area (Å²) in [6, 6.07) is 14.1. The zero-order valence-corrected chi connectivity index (χ0v) is 13.4. The van der Waals surface area contributed by atoms with Crippen LogP contribution in [-0.4, -0.2) is 19.9 Å². The van der Waals surface area contributed by atoms with Crippen LogP contribution in [0.4, 0.5) is 0 Å². The van der Waals surface area contributed by atoms with Gasteiger partial charge in [0.15, 0.2) is 0 Å². The topological polar surface area (TPSA) is 30.8 Å². The van der Waals surface area contributed by atoms with E-state index in [2.05, 4.69) is 29.4 Å². The highest BCUT2D eigenvalue weighted by Crippen LogP contribution is 2.32. The van der Waals surface area contributed by atoms with E-state index in [4.69, 9.17) is 21.2 Å². The monoisotopic (exact) mass is 315 g/mol. The highest BCUT2D eigenvalue weighted by atomic mass is 35.5. The molecule has 0 bridgehead atoms. The number of rotatable bonds is 4. The SMILES string of the molecule is CON=C1c2ccc(OC)cc2CC1Cc1ccc(Cl)cc1. The van der Waals surface area contributed by atoms with Gasteiger partial charge in [-0.05, 0) is 54.3 Å². The van der Waals surface area contributed by atoms with Gasteiger partial charge < -0.3 is 9.57 Å². The van der Waals surface area contributed by atoms with Crippen molar-refractivity contribution in [3.05, 3.63) is 64.2 Å². The van der Waals surface area contributed by atoms with Crippen LogP contribution >= 0.6 is 11.6 Å². The number of nitrogens with zero attached hydrogens (tertiary/aromatic N) is 1. The fourth-order valence-electron chi connectivity index (χ4n) is 2.99. The molecule has 3 rings (SSSR count). The summed E-state index contributed by atoms with van der Waals surface area (Å²) < 4.78 is 5.32. The Morgan fingerprint density at radius 1 is 1.14 bits per heavy atom. The molecule has 1 aliphatic carbocycles. The van der Waals surface area contributed by atoms with Crippen molar-refractivity contribution < 1.29 is 9.57 Å². The molecule has 0 fully saturated rings. The maximum absolute atomic E-state index is 5.96. The minimum absolute atomic E-state index is 0.309. The second-order valence-corrected chi connectivity index (χ2v) is 5.85. The molecular formula is C18H18ClNO2. The van der Waals surface area contributed by atoms with Crippen molar-refractivity contribution in [3.8, 4) is 5.75 Å². The number of fused-ring (bicyclic) bond motifs is 1.